The molecule has 1 aliphatic carbocycles. The second-order valence-electron chi connectivity index (χ2n) is 7.56. The van der Waals surface area contributed by atoms with Crippen molar-refractivity contribution in [2.24, 2.45) is 0 Å². The number of nitrogens with one attached hydrogen (secondary N) is 1. The molecule has 0 unspecified atom stereocenters. The second-order valence-corrected chi connectivity index (χ2v) is 9.39. The van der Waals surface area contributed by atoms with Gasteiger partial charge in [0, 0.05) is 42.1 Å². The first-order valence-corrected chi connectivity index (χ1v) is 10.9. The lowest BCUT2D eigenvalue weighted by molar-refractivity contribution is 0.341. The van der Waals surface area contributed by atoms with E-state index in [0.29, 0.717) is 36.0 Å². The van der Waals surface area contributed by atoms with Crippen molar-refractivity contribution in [3.05, 3.63) is 34.1 Å². The molecule has 0 saturated heterocycles. The van der Waals surface area contributed by atoms with Crippen molar-refractivity contribution in [3.63, 3.8) is 0 Å². The minimum absolute atomic E-state index is 0.0407. The van der Waals surface area contributed by atoms with Gasteiger partial charge >= 0.3 is 0 Å². The van der Waals surface area contributed by atoms with Crippen LogP contribution in [0.25, 0.3) is 0 Å². The SMILES string of the molecule is Cc1n[nH]c(C)c1S(=O)(=O)N(Cc1c2c(cc3c1OCC3)OCC2)C1CC1. The number of aryl methyl sites for hydroxylation is 2. The number of sulfonamides is 1. The van der Waals surface area contributed by atoms with Crippen molar-refractivity contribution in [1.82, 2.24) is 14.5 Å². The van der Waals surface area contributed by atoms with Gasteiger partial charge in [0.2, 0.25) is 10.0 Å². The van der Waals surface area contributed by atoms with Crippen molar-refractivity contribution in [2.45, 2.75) is 57.0 Å². The number of ether oxygens (including phenoxy) is 2. The fourth-order valence-electron chi connectivity index (χ4n) is 4.22. The second kappa shape index (κ2) is 5.97. The minimum atomic E-state index is -3.65. The van der Waals surface area contributed by atoms with Gasteiger partial charge < -0.3 is 9.47 Å². The summed E-state index contributed by atoms with van der Waals surface area (Å²) in [6.07, 6.45) is 3.42. The van der Waals surface area contributed by atoms with Gasteiger partial charge in [0.05, 0.1) is 24.6 Å². The standard InChI is InChI=1S/C19H23N3O4S/c1-11-19(12(2)21-20-11)27(23,24)22(14-3-4-14)10-16-15-6-8-25-17(15)9-13-5-7-26-18(13)16/h9,14H,3-8,10H2,1-2H3,(H,20,21). The maximum absolute atomic E-state index is 13.5. The Morgan fingerprint density at radius 1 is 1.22 bits per heavy atom. The van der Waals surface area contributed by atoms with Crippen molar-refractivity contribution < 1.29 is 17.9 Å². The Bertz CT molecular complexity index is 972. The van der Waals surface area contributed by atoms with Crippen LogP contribution in [-0.2, 0) is 29.4 Å². The Morgan fingerprint density at radius 2 is 2.00 bits per heavy atom. The van der Waals surface area contributed by atoms with Gasteiger partial charge in [0.15, 0.2) is 0 Å². The molecule has 0 bridgehead atoms. The number of aromatic amines is 1. The molecular formula is C19H23N3O4S. The Kier molecular flexibility index (Phi) is 3.77. The van der Waals surface area contributed by atoms with E-state index in [4.69, 9.17) is 9.47 Å². The van der Waals surface area contributed by atoms with E-state index in [2.05, 4.69) is 16.3 Å². The molecule has 2 aromatic rings. The van der Waals surface area contributed by atoms with Crippen molar-refractivity contribution in [2.75, 3.05) is 13.2 Å². The first-order valence-electron chi connectivity index (χ1n) is 9.43. The summed E-state index contributed by atoms with van der Waals surface area (Å²) in [4.78, 5) is 0.302. The number of fused-ring (bicyclic) bond motifs is 2. The highest BCUT2D eigenvalue weighted by molar-refractivity contribution is 7.89. The van der Waals surface area contributed by atoms with Crippen molar-refractivity contribution in [1.29, 1.82) is 0 Å². The molecule has 1 aromatic carbocycles. The molecule has 0 atom stereocenters. The molecule has 5 rings (SSSR count). The average molecular weight is 389 g/mol. The van der Waals surface area contributed by atoms with Crippen LogP contribution < -0.4 is 9.47 Å². The summed E-state index contributed by atoms with van der Waals surface area (Å²) in [5.74, 6) is 1.75. The number of rotatable bonds is 5. The molecule has 1 aromatic heterocycles. The van der Waals surface area contributed by atoms with Gasteiger partial charge in [-0.3, -0.25) is 5.10 Å². The number of hydrogen-bond donors (Lipinski definition) is 1. The number of hydrogen-bond acceptors (Lipinski definition) is 5. The average Bonchev–Trinajstić information content (AvgIpc) is 3.01. The molecule has 0 radical (unpaired) electrons. The van der Waals surface area contributed by atoms with E-state index in [0.717, 1.165) is 53.9 Å². The zero-order valence-electron chi connectivity index (χ0n) is 15.5. The predicted molar refractivity (Wildman–Crippen MR) is 98.7 cm³/mol. The lowest BCUT2D eigenvalue weighted by Gasteiger charge is -2.24. The Labute approximate surface area is 158 Å². The normalized spacial score (nSPS) is 18.3. The third-order valence-electron chi connectivity index (χ3n) is 5.66. The topological polar surface area (TPSA) is 84.5 Å². The molecular weight excluding hydrogens is 366 g/mol. The summed E-state index contributed by atoms with van der Waals surface area (Å²) in [5.41, 5.74) is 4.29. The molecule has 2 aliphatic heterocycles. The fraction of sp³-hybridized carbons (Fsp3) is 0.526. The molecule has 1 saturated carbocycles. The predicted octanol–water partition coefficient (Wildman–Crippen LogP) is 2.25. The molecule has 27 heavy (non-hydrogen) atoms. The summed E-state index contributed by atoms with van der Waals surface area (Å²) in [6.45, 7) is 5.10. The summed E-state index contributed by atoms with van der Waals surface area (Å²) in [5, 5.41) is 6.90. The number of aromatic nitrogens is 2. The molecule has 3 heterocycles. The quantitative estimate of drug-likeness (QED) is 0.848. The molecule has 0 amide bonds. The minimum Gasteiger partial charge on any atom is -0.493 e. The first kappa shape index (κ1) is 17.1. The van der Waals surface area contributed by atoms with Gasteiger partial charge in [-0.1, -0.05) is 0 Å². The fourth-order valence-corrected chi connectivity index (χ4v) is 6.21. The summed E-state index contributed by atoms with van der Waals surface area (Å²) < 4.78 is 40.4. The van der Waals surface area contributed by atoms with Gasteiger partial charge in [0.25, 0.3) is 0 Å². The summed E-state index contributed by atoms with van der Waals surface area (Å²) >= 11 is 0. The highest BCUT2D eigenvalue weighted by Crippen LogP contribution is 2.43. The van der Waals surface area contributed by atoms with Crippen molar-refractivity contribution >= 4 is 10.0 Å². The van der Waals surface area contributed by atoms with E-state index in [1.807, 2.05) is 0 Å². The van der Waals surface area contributed by atoms with Crippen LogP contribution in [0.15, 0.2) is 11.0 Å². The van der Waals surface area contributed by atoms with Crippen LogP contribution in [0.5, 0.6) is 11.5 Å². The maximum Gasteiger partial charge on any atom is 0.247 e. The molecule has 1 N–H and O–H groups in total. The van der Waals surface area contributed by atoms with Crippen LogP contribution >= 0.6 is 0 Å². The molecule has 7 nitrogen and oxygen atoms in total. The smallest absolute Gasteiger partial charge is 0.247 e. The monoisotopic (exact) mass is 389 g/mol. The van der Waals surface area contributed by atoms with E-state index >= 15 is 0 Å². The van der Waals surface area contributed by atoms with Gasteiger partial charge in [-0.2, -0.15) is 9.40 Å². The lowest BCUT2D eigenvalue weighted by Crippen LogP contribution is -2.33. The van der Waals surface area contributed by atoms with Crippen LogP contribution in [0.4, 0.5) is 0 Å². The largest absolute Gasteiger partial charge is 0.493 e. The van der Waals surface area contributed by atoms with E-state index in [-0.39, 0.29) is 6.04 Å². The van der Waals surface area contributed by atoms with E-state index in [1.54, 1.807) is 18.2 Å². The summed E-state index contributed by atoms with van der Waals surface area (Å²) in [6, 6.07) is 2.10. The Morgan fingerprint density at radius 3 is 2.70 bits per heavy atom. The lowest BCUT2D eigenvalue weighted by atomic mass is 9.99. The van der Waals surface area contributed by atoms with Crippen LogP contribution in [0.2, 0.25) is 0 Å². The number of H-pyrrole nitrogens is 1. The van der Waals surface area contributed by atoms with Gasteiger partial charge in [0.1, 0.15) is 16.4 Å². The van der Waals surface area contributed by atoms with Gasteiger partial charge in [-0.05, 0) is 32.8 Å². The number of benzene rings is 1. The van der Waals surface area contributed by atoms with E-state index in [9.17, 15) is 8.42 Å². The van der Waals surface area contributed by atoms with Gasteiger partial charge in [-0.25, -0.2) is 8.42 Å². The third kappa shape index (κ3) is 2.65. The van der Waals surface area contributed by atoms with Crippen molar-refractivity contribution in [3.8, 4) is 11.5 Å². The van der Waals surface area contributed by atoms with Crippen LogP contribution in [-0.4, -0.2) is 42.2 Å². The molecule has 0 spiro atoms. The summed E-state index contributed by atoms with van der Waals surface area (Å²) in [7, 11) is -3.65. The highest BCUT2D eigenvalue weighted by Gasteiger charge is 2.41. The zero-order chi connectivity index (χ0) is 18.8. The first-order chi connectivity index (χ1) is 13.0. The Balaban J connectivity index is 1.60. The molecule has 8 heteroatoms. The number of nitrogens with zero attached hydrogens (tertiary/aromatic N) is 2. The molecule has 1 fully saturated rings. The highest BCUT2D eigenvalue weighted by atomic mass is 32.2. The van der Waals surface area contributed by atoms with E-state index in [1.165, 1.54) is 0 Å². The Hall–Kier alpha value is -2.06. The maximum atomic E-state index is 13.5. The van der Waals surface area contributed by atoms with Crippen LogP contribution in [0.3, 0.4) is 0 Å². The van der Waals surface area contributed by atoms with Crippen LogP contribution in [0, 0.1) is 13.8 Å². The molecule has 3 aliphatic rings. The third-order valence-corrected chi connectivity index (χ3v) is 7.82. The van der Waals surface area contributed by atoms with Gasteiger partial charge in [-0.15, -0.1) is 0 Å². The van der Waals surface area contributed by atoms with Crippen LogP contribution in [0.1, 0.15) is 40.9 Å². The van der Waals surface area contributed by atoms with E-state index < -0.39 is 10.0 Å². The molecule has 144 valence electrons. The zero-order valence-corrected chi connectivity index (χ0v) is 16.4.